The molecule has 2 aromatic rings. The number of carbonyl (C=O) groups excluding carboxylic acids is 2. The van der Waals surface area contributed by atoms with Crippen LogP contribution in [0, 0.1) is 5.92 Å². The van der Waals surface area contributed by atoms with Crippen molar-refractivity contribution in [3.63, 3.8) is 0 Å². The number of likely N-dealkylation sites (tertiary alicyclic amines) is 1. The molecule has 0 bridgehead atoms. The molecule has 0 unspecified atom stereocenters. The Morgan fingerprint density at radius 1 is 1.21 bits per heavy atom. The van der Waals surface area contributed by atoms with Gasteiger partial charge in [-0.25, -0.2) is 4.68 Å². The van der Waals surface area contributed by atoms with Gasteiger partial charge in [-0.3, -0.25) is 9.59 Å². The third kappa shape index (κ3) is 6.35. The van der Waals surface area contributed by atoms with Crippen LogP contribution in [0.1, 0.15) is 18.4 Å². The van der Waals surface area contributed by atoms with Crippen LogP contribution in [-0.4, -0.2) is 81.6 Å². The Labute approximate surface area is 171 Å². The van der Waals surface area contributed by atoms with Crippen molar-refractivity contribution in [3.05, 3.63) is 42.2 Å². The minimum absolute atomic E-state index is 0.0106. The number of amides is 2. The Balaban J connectivity index is 1.48. The van der Waals surface area contributed by atoms with Gasteiger partial charge in [-0.15, -0.1) is 5.10 Å². The van der Waals surface area contributed by atoms with Gasteiger partial charge in [-0.2, -0.15) is 0 Å². The molecule has 0 aliphatic carbocycles. The zero-order chi connectivity index (χ0) is 20.6. The second-order valence-electron chi connectivity index (χ2n) is 7.76. The molecule has 1 saturated heterocycles. The highest BCUT2D eigenvalue weighted by Crippen LogP contribution is 2.18. The average Bonchev–Trinajstić information content (AvgIpc) is 3.14. The lowest BCUT2D eigenvalue weighted by Gasteiger charge is -2.25. The van der Waals surface area contributed by atoms with Crippen LogP contribution in [0.4, 0.5) is 0 Å². The summed E-state index contributed by atoms with van der Waals surface area (Å²) in [6, 6.07) is 10.2. The van der Waals surface area contributed by atoms with Gasteiger partial charge in [0.15, 0.2) is 0 Å². The van der Waals surface area contributed by atoms with E-state index >= 15 is 0 Å². The highest BCUT2D eigenvalue weighted by molar-refractivity contribution is 5.79. The molecular weight excluding hydrogens is 370 g/mol. The average molecular weight is 399 g/mol. The number of nitrogens with one attached hydrogen (secondary N) is 1. The number of hydrogen-bond donors (Lipinski definition) is 1. The maximum atomic E-state index is 12.9. The molecule has 0 spiro atoms. The molecule has 29 heavy (non-hydrogen) atoms. The van der Waals surface area contributed by atoms with E-state index in [0.29, 0.717) is 13.1 Å². The molecule has 2 heterocycles. The van der Waals surface area contributed by atoms with E-state index in [4.69, 9.17) is 0 Å². The van der Waals surface area contributed by atoms with Crippen LogP contribution in [0.25, 0.3) is 0 Å². The van der Waals surface area contributed by atoms with E-state index < -0.39 is 0 Å². The lowest BCUT2D eigenvalue weighted by molar-refractivity contribution is -0.134. The van der Waals surface area contributed by atoms with Crippen molar-refractivity contribution in [2.75, 3.05) is 33.7 Å². The predicted octanol–water partition coefficient (Wildman–Crippen LogP) is 0.201. The van der Waals surface area contributed by atoms with Crippen molar-refractivity contribution < 1.29 is 9.59 Å². The topological polar surface area (TPSA) is 96.2 Å². The van der Waals surface area contributed by atoms with Crippen LogP contribution in [0.3, 0.4) is 0 Å². The number of aromatic nitrogens is 4. The van der Waals surface area contributed by atoms with Crippen LogP contribution >= 0.6 is 0 Å². The van der Waals surface area contributed by atoms with Crippen molar-refractivity contribution in [1.82, 2.24) is 35.3 Å². The summed E-state index contributed by atoms with van der Waals surface area (Å²) in [6.45, 7) is 2.22. The van der Waals surface area contributed by atoms with E-state index in [0.717, 1.165) is 25.8 Å². The van der Waals surface area contributed by atoms with E-state index in [1.165, 1.54) is 16.6 Å². The largest absolute Gasteiger partial charge is 0.350 e. The lowest BCUT2D eigenvalue weighted by Crippen LogP contribution is -2.43. The number of hydrogen-bond acceptors (Lipinski definition) is 6. The van der Waals surface area contributed by atoms with Crippen LogP contribution in [0.2, 0.25) is 0 Å². The first-order chi connectivity index (χ1) is 14.0. The molecule has 2 amide bonds. The number of carbonyl (C=O) groups is 2. The fourth-order valence-corrected chi connectivity index (χ4v) is 3.77. The molecule has 1 fully saturated rings. The Kier molecular flexibility index (Phi) is 7.29. The molecule has 9 heteroatoms. The summed E-state index contributed by atoms with van der Waals surface area (Å²) >= 11 is 0. The second-order valence-corrected chi connectivity index (χ2v) is 7.76. The SMILES string of the molecule is CN1C[C@@H](NC(=O)Cn2cnnn2)CC[C@@H](C(=O)N(C)CCc2ccccc2)C1. The molecular formula is C20H29N7O2. The Morgan fingerprint density at radius 2 is 2.00 bits per heavy atom. The first-order valence-corrected chi connectivity index (χ1v) is 9.99. The van der Waals surface area contributed by atoms with Crippen LogP contribution in [-0.2, 0) is 22.6 Å². The molecule has 0 saturated carbocycles. The van der Waals surface area contributed by atoms with Crippen LogP contribution < -0.4 is 5.32 Å². The zero-order valence-electron chi connectivity index (χ0n) is 17.1. The Bertz CT molecular complexity index is 781. The number of likely N-dealkylation sites (N-methyl/N-ethyl adjacent to an activating group) is 2. The summed E-state index contributed by atoms with van der Waals surface area (Å²) in [5.41, 5.74) is 1.23. The quantitative estimate of drug-likeness (QED) is 0.715. The molecule has 1 aliphatic heterocycles. The zero-order valence-corrected chi connectivity index (χ0v) is 17.1. The van der Waals surface area contributed by atoms with Gasteiger partial charge >= 0.3 is 0 Å². The van der Waals surface area contributed by atoms with Gasteiger partial charge in [0.1, 0.15) is 12.9 Å². The molecule has 156 valence electrons. The minimum atomic E-state index is -0.125. The highest BCUT2D eigenvalue weighted by atomic mass is 16.2. The third-order valence-electron chi connectivity index (χ3n) is 5.29. The molecule has 0 radical (unpaired) electrons. The van der Waals surface area contributed by atoms with E-state index in [-0.39, 0.29) is 30.3 Å². The Morgan fingerprint density at radius 3 is 2.72 bits per heavy atom. The van der Waals surface area contributed by atoms with Gasteiger partial charge in [0.25, 0.3) is 0 Å². The molecule has 2 atom stereocenters. The second kappa shape index (κ2) is 10.1. The summed E-state index contributed by atoms with van der Waals surface area (Å²) in [5, 5.41) is 13.8. The van der Waals surface area contributed by atoms with Crippen molar-refractivity contribution in [2.45, 2.75) is 31.8 Å². The van der Waals surface area contributed by atoms with Gasteiger partial charge < -0.3 is 15.1 Å². The first kappa shape index (κ1) is 20.9. The summed E-state index contributed by atoms with van der Waals surface area (Å²) < 4.78 is 1.39. The van der Waals surface area contributed by atoms with Gasteiger partial charge in [0, 0.05) is 32.7 Å². The van der Waals surface area contributed by atoms with Gasteiger partial charge in [-0.05, 0) is 42.3 Å². The molecule has 9 nitrogen and oxygen atoms in total. The number of tetrazole rings is 1. The number of nitrogens with zero attached hydrogens (tertiary/aromatic N) is 6. The first-order valence-electron chi connectivity index (χ1n) is 9.99. The number of rotatable bonds is 7. The van der Waals surface area contributed by atoms with E-state index in [9.17, 15) is 9.59 Å². The van der Waals surface area contributed by atoms with E-state index in [2.05, 4.69) is 37.9 Å². The molecule has 3 rings (SSSR count). The maximum absolute atomic E-state index is 12.9. The monoisotopic (exact) mass is 399 g/mol. The standard InChI is InChI=1S/C20H29N7O2/c1-25-12-17(20(29)26(2)11-10-16-6-4-3-5-7-16)8-9-18(13-25)22-19(28)14-27-15-21-23-24-27/h3-7,15,17-18H,8-14H2,1-2H3,(H,22,28)/t17-,18+/m1/s1. The van der Waals surface area contributed by atoms with Crippen LogP contribution in [0.15, 0.2) is 36.7 Å². The highest BCUT2D eigenvalue weighted by Gasteiger charge is 2.29. The fourth-order valence-electron chi connectivity index (χ4n) is 3.77. The lowest BCUT2D eigenvalue weighted by atomic mass is 10.00. The molecule has 1 aromatic carbocycles. The molecule has 1 N–H and O–H groups in total. The summed E-state index contributed by atoms with van der Waals surface area (Å²) in [4.78, 5) is 29.1. The third-order valence-corrected chi connectivity index (χ3v) is 5.29. The van der Waals surface area contributed by atoms with E-state index in [1.807, 2.05) is 37.2 Å². The normalized spacial score (nSPS) is 20.1. The Hall–Kier alpha value is -2.81. The minimum Gasteiger partial charge on any atom is -0.350 e. The maximum Gasteiger partial charge on any atom is 0.242 e. The van der Waals surface area contributed by atoms with Crippen molar-refractivity contribution in [1.29, 1.82) is 0 Å². The van der Waals surface area contributed by atoms with Gasteiger partial charge in [0.2, 0.25) is 11.8 Å². The fraction of sp³-hybridized carbons (Fsp3) is 0.550. The van der Waals surface area contributed by atoms with Crippen molar-refractivity contribution in [3.8, 4) is 0 Å². The summed E-state index contributed by atoms with van der Waals surface area (Å²) in [7, 11) is 3.87. The van der Waals surface area contributed by atoms with Crippen LogP contribution in [0.5, 0.6) is 0 Å². The van der Waals surface area contributed by atoms with Gasteiger partial charge in [-0.1, -0.05) is 30.3 Å². The van der Waals surface area contributed by atoms with Crippen molar-refractivity contribution >= 4 is 11.8 Å². The molecule has 1 aliphatic rings. The van der Waals surface area contributed by atoms with Crippen molar-refractivity contribution in [2.24, 2.45) is 5.92 Å². The number of benzene rings is 1. The summed E-state index contributed by atoms with van der Waals surface area (Å²) in [5.74, 6) is -0.00362. The van der Waals surface area contributed by atoms with Gasteiger partial charge in [0.05, 0.1) is 5.92 Å². The van der Waals surface area contributed by atoms with E-state index in [1.54, 1.807) is 0 Å². The predicted molar refractivity (Wildman–Crippen MR) is 108 cm³/mol. The summed E-state index contributed by atoms with van der Waals surface area (Å²) in [6.07, 6.45) is 3.80. The molecule has 1 aromatic heterocycles. The smallest absolute Gasteiger partial charge is 0.242 e.